The molecule has 2 aromatic heterocycles. The molecule has 0 radical (unpaired) electrons. The second-order valence-corrected chi connectivity index (χ2v) is 11.5. The number of anilines is 1. The van der Waals surface area contributed by atoms with Gasteiger partial charge in [0.05, 0.1) is 17.8 Å². The fourth-order valence-electron chi connectivity index (χ4n) is 5.28. The van der Waals surface area contributed by atoms with E-state index >= 15 is 0 Å². The van der Waals surface area contributed by atoms with Crippen molar-refractivity contribution in [1.82, 2.24) is 24.9 Å². The van der Waals surface area contributed by atoms with Crippen LogP contribution in [-0.4, -0.2) is 50.3 Å². The molecule has 6 rings (SSSR count). The van der Waals surface area contributed by atoms with Gasteiger partial charge in [-0.25, -0.2) is 0 Å². The van der Waals surface area contributed by atoms with Crippen molar-refractivity contribution in [2.24, 2.45) is 0 Å². The fraction of sp³-hybridized carbons (Fsp3) is 0.200. The maximum atomic E-state index is 13.6. The minimum absolute atomic E-state index is 0.0954. The third-order valence-electron chi connectivity index (χ3n) is 7.54. The number of nitrogens with one attached hydrogen (secondary N) is 1. The number of hydrogen-bond donors (Lipinski definition) is 1. The number of carbonyl (C=O) groups excluding carboxylic acids is 1. The lowest BCUT2D eigenvalue weighted by Crippen LogP contribution is -2.37. The van der Waals surface area contributed by atoms with Gasteiger partial charge in [-0.1, -0.05) is 76.5 Å². The largest absolute Gasteiger partial charge is 0.383 e. The van der Waals surface area contributed by atoms with Gasteiger partial charge >= 0.3 is 0 Å². The number of rotatable bonds is 8. The van der Waals surface area contributed by atoms with E-state index in [0.717, 1.165) is 44.6 Å². The highest BCUT2D eigenvalue weighted by Crippen LogP contribution is 2.25. The van der Waals surface area contributed by atoms with E-state index in [4.69, 9.17) is 11.6 Å². The van der Waals surface area contributed by atoms with Gasteiger partial charge in [0.1, 0.15) is 0 Å². The second kappa shape index (κ2) is 12.7. The molecule has 1 aliphatic heterocycles. The quantitative estimate of drug-likeness (QED) is 0.202. The van der Waals surface area contributed by atoms with Crippen molar-refractivity contribution in [3.05, 3.63) is 129 Å². The van der Waals surface area contributed by atoms with Crippen LogP contribution < -0.4 is 5.32 Å². The minimum Gasteiger partial charge on any atom is -0.383 e. The molecule has 5 aromatic rings. The van der Waals surface area contributed by atoms with Crippen molar-refractivity contribution in [3.63, 3.8) is 0 Å². The Hall–Kier alpha value is -4.59. The summed E-state index contributed by atoms with van der Waals surface area (Å²) in [6.07, 6.45) is 7.78. The van der Waals surface area contributed by atoms with Crippen LogP contribution in [0.2, 0.25) is 5.02 Å². The third kappa shape index (κ3) is 7.08. The Bertz CT molecular complexity index is 1750. The van der Waals surface area contributed by atoms with Crippen LogP contribution in [0.25, 0.3) is 23.1 Å². The lowest BCUT2D eigenvalue weighted by molar-refractivity contribution is -0.113. The van der Waals surface area contributed by atoms with Gasteiger partial charge in [-0.15, -0.1) is 5.10 Å². The molecule has 8 heteroatoms. The Morgan fingerprint density at radius 2 is 1.53 bits per heavy atom. The molecule has 0 bridgehead atoms. The average Bonchev–Trinajstić information content (AvgIpc) is 3.44. The molecule has 0 aliphatic carbocycles. The number of likely N-dealkylation sites (tertiary alicyclic amines) is 1. The standard InChI is InChI=1S/C35H33ClN6O/c1-24-3-7-26(8-4-24)17-28-20-41(21-29(35(28)43)18-27-9-5-25(2)6-10-27)22-31-23-42(40-39-31)16-15-38-33-13-14-37-34-19-30(36)11-12-32(33)34/h3-14,17-19,23H,15-16,20-22H2,1-2H3,(H,37,38). The number of hydrogen-bond acceptors (Lipinski definition) is 6. The summed E-state index contributed by atoms with van der Waals surface area (Å²) < 4.78 is 1.85. The predicted octanol–water partition coefficient (Wildman–Crippen LogP) is 6.76. The van der Waals surface area contributed by atoms with E-state index in [-0.39, 0.29) is 5.78 Å². The highest BCUT2D eigenvalue weighted by atomic mass is 35.5. The summed E-state index contributed by atoms with van der Waals surface area (Å²) in [5.74, 6) is 0.0954. The van der Waals surface area contributed by atoms with Crippen molar-refractivity contribution in [3.8, 4) is 0 Å². The Kier molecular flexibility index (Phi) is 8.45. The van der Waals surface area contributed by atoms with Crippen molar-refractivity contribution in [2.45, 2.75) is 26.9 Å². The summed E-state index contributed by atoms with van der Waals surface area (Å²) in [4.78, 5) is 20.3. The van der Waals surface area contributed by atoms with Crippen LogP contribution in [0, 0.1) is 13.8 Å². The molecule has 216 valence electrons. The highest BCUT2D eigenvalue weighted by Gasteiger charge is 2.27. The first-order chi connectivity index (χ1) is 20.9. The van der Waals surface area contributed by atoms with Crippen LogP contribution in [0.1, 0.15) is 27.9 Å². The molecule has 1 N–H and O–H groups in total. The van der Waals surface area contributed by atoms with Crippen molar-refractivity contribution < 1.29 is 4.79 Å². The van der Waals surface area contributed by atoms with Gasteiger partial charge in [0.25, 0.3) is 0 Å². The zero-order valence-electron chi connectivity index (χ0n) is 24.3. The molecule has 1 saturated heterocycles. The number of pyridine rings is 1. The van der Waals surface area contributed by atoms with Crippen LogP contribution in [0.3, 0.4) is 0 Å². The van der Waals surface area contributed by atoms with Crippen LogP contribution in [-0.2, 0) is 17.9 Å². The maximum absolute atomic E-state index is 13.6. The van der Waals surface area contributed by atoms with Crippen LogP contribution in [0.15, 0.2) is 96.3 Å². The molecular formula is C35H33ClN6O. The Balaban J connectivity index is 1.16. The molecular weight excluding hydrogens is 556 g/mol. The average molecular weight is 589 g/mol. The Morgan fingerprint density at radius 3 is 2.19 bits per heavy atom. The first-order valence-corrected chi connectivity index (χ1v) is 14.8. The second-order valence-electron chi connectivity index (χ2n) is 11.1. The summed E-state index contributed by atoms with van der Waals surface area (Å²) >= 11 is 6.13. The summed E-state index contributed by atoms with van der Waals surface area (Å²) in [6, 6.07) is 24.2. The first-order valence-electron chi connectivity index (χ1n) is 14.4. The molecule has 0 amide bonds. The lowest BCUT2D eigenvalue weighted by atomic mass is 9.94. The SMILES string of the molecule is Cc1ccc(C=C2CN(Cc3cn(CCNc4ccnc5cc(Cl)ccc45)nn3)CC(=Cc3ccc(C)cc3)C2=O)cc1. The number of carbonyl (C=O) groups is 1. The minimum atomic E-state index is 0.0954. The zero-order chi connectivity index (χ0) is 29.8. The van der Waals surface area contributed by atoms with Crippen molar-refractivity contribution in [1.29, 1.82) is 0 Å². The number of nitrogens with zero attached hydrogens (tertiary/aromatic N) is 5. The molecule has 1 fully saturated rings. The van der Waals surface area contributed by atoms with E-state index in [0.29, 0.717) is 37.7 Å². The zero-order valence-corrected chi connectivity index (χ0v) is 25.1. The normalized spacial score (nSPS) is 15.9. The summed E-state index contributed by atoms with van der Waals surface area (Å²) in [5, 5.41) is 14.0. The summed E-state index contributed by atoms with van der Waals surface area (Å²) in [5.41, 5.74) is 8.69. The number of Topliss-reactive ketones (excluding diaryl/α,β-unsaturated/α-hetero) is 1. The number of aryl methyl sites for hydroxylation is 2. The van der Waals surface area contributed by atoms with Crippen LogP contribution in [0.4, 0.5) is 5.69 Å². The molecule has 43 heavy (non-hydrogen) atoms. The predicted molar refractivity (Wildman–Crippen MR) is 174 cm³/mol. The van der Waals surface area contributed by atoms with Crippen LogP contribution in [0.5, 0.6) is 0 Å². The maximum Gasteiger partial charge on any atom is 0.187 e. The topological polar surface area (TPSA) is 75.9 Å². The molecule has 1 aliphatic rings. The number of ketones is 1. The van der Waals surface area contributed by atoms with Crippen molar-refractivity contribution in [2.75, 3.05) is 25.0 Å². The smallest absolute Gasteiger partial charge is 0.187 e. The molecule has 0 spiro atoms. The van der Waals surface area contributed by atoms with Gasteiger partial charge in [0.2, 0.25) is 0 Å². The molecule has 3 aromatic carbocycles. The summed E-state index contributed by atoms with van der Waals surface area (Å²) in [6.45, 7) is 7.14. The van der Waals surface area contributed by atoms with E-state index in [1.807, 2.05) is 47.3 Å². The van der Waals surface area contributed by atoms with Crippen LogP contribution >= 0.6 is 11.6 Å². The van der Waals surface area contributed by atoms with Gasteiger partial charge in [-0.3, -0.25) is 19.4 Å². The molecule has 0 unspecified atom stereocenters. The highest BCUT2D eigenvalue weighted by molar-refractivity contribution is 6.31. The van der Waals surface area contributed by atoms with E-state index in [1.54, 1.807) is 6.20 Å². The number of benzene rings is 3. The Morgan fingerprint density at radius 1 is 0.884 bits per heavy atom. The number of aromatic nitrogens is 4. The van der Waals surface area contributed by atoms with Gasteiger partial charge in [-0.05, 0) is 61.4 Å². The fourth-order valence-corrected chi connectivity index (χ4v) is 5.45. The van der Waals surface area contributed by atoms with Gasteiger partial charge in [-0.2, -0.15) is 0 Å². The van der Waals surface area contributed by atoms with Gasteiger partial charge in [0.15, 0.2) is 5.78 Å². The lowest BCUT2D eigenvalue weighted by Gasteiger charge is -2.29. The van der Waals surface area contributed by atoms with E-state index < -0.39 is 0 Å². The molecule has 7 nitrogen and oxygen atoms in total. The van der Waals surface area contributed by atoms with E-state index in [2.05, 4.69) is 87.9 Å². The number of piperidine rings is 1. The Labute approximate surface area is 256 Å². The molecule has 0 saturated carbocycles. The van der Waals surface area contributed by atoms with Crippen molar-refractivity contribution >= 4 is 46.1 Å². The summed E-state index contributed by atoms with van der Waals surface area (Å²) in [7, 11) is 0. The number of fused-ring (bicyclic) bond motifs is 1. The van der Waals surface area contributed by atoms with Gasteiger partial charge < -0.3 is 5.32 Å². The molecule has 3 heterocycles. The van der Waals surface area contributed by atoms with E-state index in [9.17, 15) is 4.79 Å². The number of halogens is 1. The monoisotopic (exact) mass is 588 g/mol. The first kappa shape index (κ1) is 28.5. The molecule has 0 atom stereocenters. The van der Waals surface area contributed by atoms with Gasteiger partial charge in [0, 0.05) is 65.8 Å². The van der Waals surface area contributed by atoms with E-state index in [1.165, 1.54) is 11.1 Å². The third-order valence-corrected chi connectivity index (χ3v) is 7.78.